The number of nitrogens with zero attached hydrogens (tertiary/aromatic N) is 2. The third-order valence-electron chi connectivity index (χ3n) is 8.89. The summed E-state index contributed by atoms with van der Waals surface area (Å²) in [4.78, 5) is 45.5. The number of fused-ring (bicyclic) bond motifs is 1. The number of hydrogen-bond acceptors (Lipinski definition) is 6. The van der Waals surface area contributed by atoms with Gasteiger partial charge in [-0.15, -0.1) is 13.2 Å². The lowest BCUT2D eigenvalue weighted by molar-refractivity contribution is -0.161. The molecule has 4 rings (SSSR count). The van der Waals surface area contributed by atoms with Crippen LogP contribution in [0, 0.1) is 17.8 Å². The SMILES string of the molecule is C=CCCOC(=O)[C@@H]1[C@H]2C(=O)N(CCCCCCO)C(C(=O)N(CC=C)c3ccc(Cl)cc3)C23CC(C)[C@@]1(C)O3. The van der Waals surface area contributed by atoms with Gasteiger partial charge in [-0.05, 0) is 62.8 Å². The van der Waals surface area contributed by atoms with Crippen LogP contribution in [0.2, 0.25) is 5.02 Å². The highest BCUT2D eigenvalue weighted by molar-refractivity contribution is 6.30. The Hall–Kier alpha value is -2.68. The summed E-state index contributed by atoms with van der Waals surface area (Å²) in [6.07, 6.45) is 7.29. The van der Waals surface area contributed by atoms with Crippen molar-refractivity contribution in [1.29, 1.82) is 0 Å². The number of anilines is 1. The third-order valence-corrected chi connectivity index (χ3v) is 9.14. The fraction of sp³-hybridized carbons (Fsp3) is 0.581. The Bertz CT molecular complexity index is 1130. The molecule has 40 heavy (non-hydrogen) atoms. The second kappa shape index (κ2) is 12.5. The molecule has 0 saturated carbocycles. The van der Waals surface area contributed by atoms with Crippen LogP contribution in [0.15, 0.2) is 49.6 Å². The summed E-state index contributed by atoms with van der Waals surface area (Å²) in [7, 11) is 0. The number of benzene rings is 1. The minimum Gasteiger partial charge on any atom is -0.465 e. The van der Waals surface area contributed by atoms with Gasteiger partial charge in [0.25, 0.3) is 5.91 Å². The van der Waals surface area contributed by atoms with E-state index in [-0.39, 0.29) is 37.5 Å². The summed E-state index contributed by atoms with van der Waals surface area (Å²) in [5.41, 5.74) is -1.45. The molecule has 3 unspecified atom stereocenters. The Labute approximate surface area is 241 Å². The quantitative estimate of drug-likeness (QED) is 0.200. The lowest BCUT2D eigenvalue weighted by atomic mass is 9.62. The van der Waals surface area contributed by atoms with Crippen LogP contribution in [-0.4, -0.2) is 71.3 Å². The first-order valence-corrected chi connectivity index (χ1v) is 14.6. The Morgan fingerprint density at radius 3 is 2.55 bits per heavy atom. The van der Waals surface area contributed by atoms with E-state index in [1.807, 2.05) is 13.8 Å². The highest BCUT2D eigenvalue weighted by Gasteiger charge is 2.80. The number of aliphatic hydroxyl groups excluding tert-OH is 1. The van der Waals surface area contributed by atoms with Gasteiger partial charge in [-0.25, -0.2) is 0 Å². The van der Waals surface area contributed by atoms with Crippen molar-refractivity contribution < 1.29 is 29.0 Å². The lowest BCUT2D eigenvalue weighted by Crippen LogP contribution is -2.57. The molecule has 3 aliphatic heterocycles. The maximum Gasteiger partial charge on any atom is 0.312 e. The average Bonchev–Trinajstić information content (AvgIpc) is 3.44. The third kappa shape index (κ3) is 5.21. The summed E-state index contributed by atoms with van der Waals surface area (Å²) in [6.45, 7) is 12.3. The fourth-order valence-corrected chi connectivity index (χ4v) is 7.04. The first-order valence-electron chi connectivity index (χ1n) is 14.2. The fourth-order valence-electron chi connectivity index (χ4n) is 6.92. The van der Waals surface area contributed by atoms with E-state index in [0.717, 1.165) is 12.8 Å². The number of amides is 2. The smallest absolute Gasteiger partial charge is 0.312 e. The number of unbranched alkanes of at least 4 members (excludes halogenated alkanes) is 3. The topological polar surface area (TPSA) is 96.4 Å². The largest absolute Gasteiger partial charge is 0.465 e. The van der Waals surface area contributed by atoms with Gasteiger partial charge < -0.3 is 24.4 Å². The standard InChI is InChI=1S/C31H41ClN2O6/c1-5-7-19-39-29(38)25-24-27(36)34(17-10-8-9-11-18-35)26(31(24)20-21(3)30(25,4)40-31)28(37)33(16-6-2)23-14-12-22(32)13-15-23/h5-6,12-15,21,24-26,35H,1-2,7-11,16-20H2,3-4H3/t21?,24-,25-,26?,30+,31?/m0/s1. The summed E-state index contributed by atoms with van der Waals surface area (Å²) in [6, 6.07) is 6.07. The van der Waals surface area contributed by atoms with E-state index in [9.17, 15) is 14.4 Å². The predicted octanol–water partition coefficient (Wildman–Crippen LogP) is 4.54. The maximum atomic E-state index is 14.5. The van der Waals surface area contributed by atoms with Crippen LogP contribution in [0.4, 0.5) is 5.69 Å². The van der Waals surface area contributed by atoms with E-state index in [4.69, 9.17) is 26.2 Å². The van der Waals surface area contributed by atoms with Crippen molar-refractivity contribution in [2.24, 2.45) is 17.8 Å². The van der Waals surface area contributed by atoms with Gasteiger partial charge in [-0.3, -0.25) is 14.4 Å². The van der Waals surface area contributed by atoms with Gasteiger partial charge in [0.2, 0.25) is 5.91 Å². The molecular formula is C31H41ClN2O6. The van der Waals surface area contributed by atoms with Crippen LogP contribution in [0.3, 0.4) is 0 Å². The Kier molecular flexibility index (Phi) is 9.43. The average molecular weight is 573 g/mol. The van der Waals surface area contributed by atoms with Gasteiger partial charge in [0.1, 0.15) is 17.6 Å². The summed E-state index contributed by atoms with van der Waals surface area (Å²) >= 11 is 6.12. The molecule has 1 aromatic rings. The minimum absolute atomic E-state index is 0.0725. The molecule has 1 N–H and O–H groups in total. The monoisotopic (exact) mass is 572 g/mol. The van der Waals surface area contributed by atoms with Crippen molar-refractivity contribution >= 4 is 35.1 Å². The van der Waals surface area contributed by atoms with Crippen LogP contribution in [0.1, 0.15) is 52.4 Å². The zero-order valence-corrected chi connectivity index (χ0v) is 24.3. The number of rotatable bonds is 14. The highest BCUT2D eigenvalue weighted by Crippen LogP contribution is 2.65. The van der Waals surface area contributed by atoms with Crippen LogP contribution in [0.5, 0.6) is 0 Å². The first-order chi connectivity index (χ1) is 19.2. The van der Waals surface area contributed by atoms with Gasteiger partial charge >= 0.3 is 5.97 Å². The second-order valence-corrected chi connectivity index (χ2v) is 11.8. The molecule has 8 nitrogen and oxygen atoms in total. The van der Waals surface area contributed by atoms with Crippen LogP contribution in [-0.2, 0) is 23.9 Å². The van der Waals surface area contributed by atoms with Crippen molar-refractivity contribution in [3.63, 3.8) is 0 Å². The van der Waals surface area contributed by atoms with E-state index in [1.165, 1.54) is 0 Å². The number of esters is 1. The second-order valence-electron chi connectivity index (χ2n) is 11.3. The van der Waals surface area contributed by atoms with Crippen LogP contribution >= 0.6 is 11.6 Å². The number of ether oxygens (including phenoxy) is 2. The number of aliphatic hydroxyl groups is 1. The molecule has 9 heteroatoms. The molecule has 3 fully saturated rings. The van der Waals surface area contributed by atoms with E-state index >= 15 is 0 Å². The minimum atomic E-state index is -1.15. The number of halogens is 1. The lowest BCUT2D eigenvalue weighted by Gasteiger charge is -2.37. The molecule has 2 amide bonds. The van der Waals surface area contributed by atoms with Crippen molar-refractivity contribution in [2.45, 2.75) is 69.6 Å². The Morgan fingerprint density at radius 1 is 1.20 bits per heavy atom. The molecule has 6 atom stereocenters. The molecular weight excluding hydrogens is 532 g/mol. The summed E-state index contributed by atoms with van der Waals surface area (Å²) in [5, 5.41) is 9.71. The zero-order valence-electron chi connectivity index (χ0n) is 23.5. The molecule has 3 saturated heterocycles. The van der Waals surface area contributed by atoms with Crippen molar-refractivity contribution in [3.8, 4) is 0 Å². The molecule has 2 bridgehead atoms. The van der Waals surface area contributed by atoms with Crippen LogP contribution < -0.4 is 4.90 Å². The van der Waals surface area contributed by atoms with E-state index in [0.29, 0.717) is 42.9 Å². The zero-order chi connectivity index (χ0) is 29.1. The predicted molar refractivity (Wildman–Crippen MR) is 154 cm³/mol. The van der Waals surface area contributed by atoms with Gasteiger partial charge in [0.05, 0.1) is 18.1 Å². The molecule has 1 spiro atoms. The van der Waals surface area contributed by atoms with E-state index in [2.05, 4.69) is 13.2 Å². The van der Waals surface area contributed by atoms with E-state index < -0.39 is 35.0 Å². The summed E-state index contributed by atoms with van der Waals surface area (Å²) in [5.74, 6) is -2.68. The van der Waals surface area contributed by atoms with Gasteiger partial charge in [0, 0.05) is 30.4 Å². The van der Waals surface area contributed by atoms with Gasteiger partial charge in [-0.1, -0.05) is 43.5 Å². The van der Waals surface area contributed by atoms with Crippen molar-refractivity contribution in [3.05, 3.63) is 54.6 Å². The normalized spacial score (nSPS) is 30.3. The number of carbonyl (C=O) groups excluding carboxylic acids is 3. The van der Waals surface area contributed by atoms with Gasteiger partial charge in [-0.2, -0.15) is 0 Å². The molecule has 0 aliphatic carbocycles. The Morgan fingerprint density at radius 2 is 1.90 bits per heavy atom. The highest BCUT2D eigenvalue weighted by atomic mass is 35.5. The number of carbonyl (C=O) groups is 3. The molecule has 3 aliphatic rings. The molecule has 1 aromatic carbocycles. The molecule has 0 radical (unpaired) electrons. The first kappa shape index (κ1) is 30.3. The number of hydrogen-bond donors (Lipinski definition) is 1. The summed E-state index contributed by atoms with van der Waals surface area (Å²) < 4.78 is 12.4. The molecule has 218 valence electrons. The molecule has 3 heterocycles. The van der Waals surface area contributed by atoms with Gasteiger partial charge in [0.15, 0.2) is 0 Å². The Balaban J connectivity index is 1.74. The number of likely N-dealkylation sites (tertiary alicyclic amines) is 1. The van der Waals surface area contributed by atoms with Crippen molar-refractivity contribution in [2.75, 3.05) is 31.2 Å². The maximum absolute atomic E-state index is 14.5. The van der Waals surface area contributed by atoms with E-state index in [1.54, 1.807) is 46.2 Å². The van der Waals surface area contributed by atoms with Crippen molar-refractivity contribution in [1.82, 2.24) is 4.90 Å². The van der Waals surface area contributed by atoms with Crippen LogP contribution in [0.25, 0.3) is 0 Å². The molecule has 0 aromatic heterocycles.